The lowest BCUT2D eigenvalue weighted by Gasteiger charge is -2.34. The molecule has 0 aliphatic carbocycles. The summed E-state index contributed by atoms with van der Waals surface area (Å²) in [6, 6.07) is 3.92. The summed E-state index contributed by atoms with van der Waals surface area (Å²) < 4.78 is 3.06. The molecule has 4 heterocycles. The third-order valence-electron chi connectivity index (χ3n) is 4.32. The molecule has 1 fully saturated rings. The van der Waals surface area contributed by atoms with Gasteiger partial charge in [0.2, 0.25) is 11.9 Å². The van der Waals surface area contributed by atoms with E-state index < -0.39 is 0 Å². The van der Waals surface area contributed by atoms with Crippen LogP contribution in [0.4, 0.5) is 5.95 Å². The second-order valence-electron chi connectivity index (χ2n) is 5.98. The van der Waals surface area contributed by atoms with Gasteiger partial charge in [-0.3, -0.25) is 14.5 Å². The van der Waals surface area contributed by atoms with Gasteiger partial charge >= 0.3 is 0 Å². The molecule has 0 unspecified atom stereocenters. The first kappa shape index (κ1) is 18.3. The Balaban J connectivity index is 1.41. The van der Waals surface area contributed by atoms with Gasteiger partial charge in [-0.25, -0.2) is 9.97 Å². The maximum atomic E-state index is 12.8. The molecule has 0 spiro atoms. The number of hydrogen-bond acceptors (Lipinski definition) is 7. The van der Waals surface area contributed by atoms with Crippen molar-refractivity contribution in [2.45, 2.75) is 6.54 Å². The van der Waals surface area contributed by atoms with Gasteiger partial charge in [0.05, 0.1) is 9.35 Å². The highest BCUT2D eigenvalue weighted by Crippen LogP contribution is 2.23. The molecule has 3 aromatic rings. The first-order valence-electron chi connectivity index (χ1n) is 8.31. The Morgan fingerprint density at radius 3 is 2.67 bits per heavy atom. The minimum atomic E-state index is 0.0293. The second-order valence-corrected chi connectivity index (χ2v) is 8.23. The summed E-state index contributed by atoms with van der Waals surface area (Å²) in [6.07, 6.45) is 3.46. The number of piperazine rings is 1. The van der Waals surface area contributed by atoms with Gasteiger partial charge in [-0.1, -0.05) is 6.07 Å². The molecule has 1 amide bonds. The number of carbonyl (C=O) groups is 1. The zero-order valence-electron chi connectivity index (χ0n) is 14.2. The predicted octanol–water partition coefficient (Wildman–Crippen LogP) is 2.57. The zero-order valence-corrected chi connectivity index (χ0v) is 17.4. The molecule has 1 aliphatic rings. The fraction of sp³-hybridized carbons (Fsp3) is 0.312. The quantitative estimate of drug-likeness (QED) is 0.596. The maximum Gasteiger partial charge on any atom is 0.242 e. The lowest BCUT2D eigenvalue weighted by molar-refractivity contribution is -0.132. The van der Waals surface area contributed by atoms with Gasteiger partial charge in [-0.2, -0.15) is 5.10 Å². The first-order valence-corrected chi connectivity index (χ1v) is 10.4. The molecule has 0 bridgehead atoms. The highest BCUT2D eigenvalue weighted by atomic mass is 79.9. The number of nitrogens with one attached hydrogen (secondary N) is 1. The number of nitrogens with zero attached hydrogens (tertiary/aromatic N) is 6. The lowest BCUT2D eigenvalue weighted by atomic mass is 10.3. The van der Waals surface area contributed by atoms with E-state index in [1.807, 2.05) is 22.4 Å². The van der Waals surface area contributed by atoms with Crippen LogP contribution in [0.25, 0.3) is 10.7 Å². The molecule has 0 aromatic carbocycles. The number of carbonyl (C=O) groups excluding carboxylic acids is 1. The molecule has 11 heteroatoms. The van der Waals surface area contributed by atoms with Crippen LogP contribution in [0.3, 0.4) is 0 Å². The number of amides is 1. The monoisotopic (exact) mass is 465 g/mol. The summed E-state index contributed by atoms with van der Waals surface area (Å²) in [6.45, 7) is 2.82. The van der Waals surface area contributed by atoms with Gasteiger partial charge < -0.3 is 9.80 Å². The Bertz CT molecular complexity index is 975. The fourth-order valence-corrected chi connectivity index (χ4v) is 4.04. The predicted molar refractivity (Wildman–Crippen MR) is 109 cm³/mol. The fourth-order valence-electron chi connectivity index (χ4n) is 2.92. The van der Waals surface area contributed by atoms with Gasteiger partial charge in [0.1, 0.15) is 6.54 Å². The number of halogens is 1. The van der Waals surface area contributed by atoms with Gasteiger partial charge in [0.25, 0.3) is 0 Å². The van der Waals surface area contributed by atoms with Crippen LogP contribution in [0.2, 0.25) is 0 Å². The smallest absolute Gasteiger partial charge is 0.242 e. The van der Waals surface area contributed by atoms with Gasteiger partial charge in [-0.15, -0.1) is 11.3 Å². The number of aromatic nitrogens is 5. The molecule has 4 rings (SSSR count). The van der Waals surface area contributed by atoms with Crippen molar-refractivity contribution in [1.82, 2.24) is 29.6 Å². The summed E-state index contributed by atoms with van der Waals surface area (Å²) >= 11 is 10.2. The average Bonchev–Trinajstić information content (AvgIpc) is 3.33. The highest BCUT2D eigenvalue weighted by Gasteiger charge is 2.24. The van der Waals surface area contributed by atoms with Gasteiger partial charge in [0.15, 0.2) is 10.6 Å². The SMILES string of the molecule is O=C(Cn1c(-c2cccs2)n[nH]c1=S)N1CCN(c2ncc(Br)cn2)CC1. The van der Waals surface area contributed by atoms with Crippen molar-refractivity contribution in [3.8, 4) is 10.7 Å². The maximum absolute atomic E-state index is 12.8. The molecule has 1 saturated heterocycles. The third kappa shape index (κ3) is 3.94. The third-order valence-corrected chi connectivity index (χ3v) is 5.90. The topological polar surface area (TPSA) is 82.9 Å². The van der Waals surface area contributed by atoms with Gasteiger partial charge in [0, 0.05) is 38.6 Å². The number of hydrogen-bond donors (Lipinski definition) is 1. The van der Waals surface area contributed by atoms with Crippen molar-refractivity contribution in [2.75, 3.05) is 31.1 Å². The zero-order chi connectivity index (χ0) is 18.8. The highest BCUT2D eigenvalue weighted by molar-refractivity contribution is 9.10. The molecule has 0 radical (unpaired) electrons. The Labute approximate surface area is 173 Å². The van der Waals surface area contributed by atoms with Crippen LogP contribution in [0.1, 0.15) is 0 Å². The minimum absolute atomic E-state index is 0.0293. The van der Waals surface area contributed by atoms with Crippen molar-refractivity contribution >= 4 is 51.3 Å². The van der Waals surface area contributed by atoms with Crippen LogP contribution in [-0.4, -0.2) is 61.7 Å². The molecule has 0 saturated carbocycles. The van der Waals surface area contributed by atoms with E-state index in [0.29, 0.717) is 42.7 Å². The Morgan fingerprint density at radius 2 is 2.00 bits per heavy atom. The Hall–Kier alpha value is -2.11. The summed E-state index contributed by atoms with van der Waals surface area (Å²) in [4.78, 5) is 26.3. The van der Waals surface area contributed by atoms with Crippen LogP contribution in [-0.2, 0) is 11.3 Å². The molecule has 1 N–H and O–H groups in total. The molecular weight excluding hydrogens is 450 g/mol. The van der Waals surface area contributed by atoms with E-state index in [1.165, 1.54) is 0 Å². The van der Waals surface area contributed by atoms with Crippen molar-refractivity contribution < 1.29 is 4.79 Å². The molecule has 0 atom stereocenters. The average molecular weight is 466 g/mol. The number of aromatic amines is 1. The normalized spacial score (nSPS) is 14.6. The largest absolute Gasteiger partial charge is 0.338 e. The van der Waals surface area contributed by atoms with Crippen LogP contribution in [0, 0.1) is 4.77 Å². The van der Waals surface area contributed by atoms with E-state index in [1.54, 1.807) is 28.3 Å². The van der Waals surface area contributed by atoms with Crippen molar-refractivity contribution in [2.24, 2.45) is 0 Å². The number of H-pyrrole nitrogens is 1. The molecule has 8 nitrogen and oxygen atoms in total. The molecule has 3 aromatic heterocycles. The summed E-state index contributed by atoms with van der Waals surface area (Å²) in [7, 11) is 0. The minimum Gasteiger partial charge on any atom is -0.338 e. The second kappa shape index (κ2) is 7.87. The van der Waals surface area contributed by atoms with E-state index in [0.717, 1.165) is 9.35 Å². The standard InChI is InChI=1S/C16H16BrN7OS2/c17-11-8-18-15(19-9-11)23-5-3-22(4-6-23)13(25)10-24-14(20-21-16(24)26)12-2-1-7-27-12/h1-2,7-9H,3-6,10H2,(H,21,26). The first-order chi connectivity index (χ1) is 13.1. The summed E-state index contributed by atoms with van der Waals surface area (Å²) in [5.74, 6) is 1.41. The van der Waals surface area contributed by atoms with E-state index in [2.05, 4.69) is 41.0 Å². The van der Waals surface area contributed by atoms with Crippen LogP contribution >= 0.6 is 39.5 Å². The van der Waals surface area contributed by atoms with E-state index in [-0.39, 0.29) is 12.5 Å². The van der Waals surface area contributed by atoms with E-state index >= 15 is 0 Å². The molecule has 1 aliphatic heterocycles. The molecule has 140 valence electrons. The summed E-state index contributed by atoms with van der Waals surface area (Å²) in [5, 5.41) is 9.04. The van der Waals surface area contributed by atoms with E-state index in [9.17, 15) is 4.79 Å². The van der Waals surface area contributed by atoms with Crippen LogP contribution < -0.4 is 4.90 Å². The van der Waals surface area contributed by atoms with Crippen molar-refractivity contribution in [3.63, 3.8) is 0 Å². The lowest BCUT2D eigenvalue weighted by Crippen LogP contribution is -2.50. The Kier molecular flexibility index (Phi) is 5.32. The van der Waals surface area contributed by atoms with Crippen molar-refractivity contribution in [3.05, 3.63) is 39.2 Å². The molecule has 27 heavy (non-hydrogen) atoms. The number of rotatable bonds is 4. The van der Waals surface area contributed by atoms with E-state index in [4.69, 9.17) is 12.2 Å². The van der Waals surface area contributed by atoms with Crippen molar-refractivity contribution in [1.29, 1.82) is 0 Å². The molecular formula is C16H16BrN7OS2. The van der Waals surface area contributed by atoms with Crippen LogP contribution in [0.15, 0.2) is 34.4 Å². The van der Waals surface area contributed by atoms with Gasteiger partial charge in [-0.05, 0) is 39.6 Å². The number of anilines is 1. The number of thiophene rings is 1. The van der Waals surface area contributed by atoms with Crippen LogP contribution in [0.5, 0.6) is 0 Å². The summed E-state index contributed by atoms with van der Waals surface area (Å²) in [5.41, 5.74) is 0. The Morgan fingerprint density at radius 1 is 1.26 bits per heavy atom.